The lowest BCUT2D eigenvalue weighted by molar-refractivity contribution is 0.460. The van der Waals surface area contributed by atoms with Gasteiger partial charge in [-0.3, -0.25) is 0 Å². The fourth-order valence-corrected chi connectivity index (χ4v) is 0.723. The van der Waals surface area contributed by atoms with Crippen molar-refractivity contribution in [3.63, 3.8) is 0 Å². The van der Waals surface area contributed by atoms with Crippen LogP contribution in [0.3, 0.4) is 0 Å². The molecule has 0 aliphatic carbocycles. The highest BCUT2D eigenvalue weighted by molar-refractivity contribution is 6.29. The minimum atomic E-state index is -0.704. The molecule has 0 atom stereocenters. The van der Waals surface area contributed by atoms with Crippen molar-refractivity contribution in [2.75, 3.05) is 0 Å². The van der Waals surface area contributed by atoms with Crippen molar-refractivity contribution in [1.82, 2.24) is 4.98 Å². The van der Waals surface area contributed by atoms with Crippen molar-refractivity contribution in [2.24, 2.45) is 0 Å². The fourth-order valence-electron chi connectivity index (χ4n) is 0.542. The van der Waals surface area contributed by atoms with E-state index in [2.05, 4.69) is 4.98 Å². The molecule has 1 aromatic heterocycles. The average Bonchev–Trinajstić information content (AvgIpc) is 1.84. The highest BCUT2D eigenvalue weighted by Gasteiger charge is 2.04. The summed E-state index contributed by atoms with van der Waals surface area (Å²) < 4.78 is 12.4. The highest BCUT2D eigenvalue weighted by Crippen LogP contribution is 2.19. The maximum atomic E-state index is 12.4. The van der Waals surface area contributed by atoms with E-state index in [9.17, 15) is 4.39 Å². The minimum absolute atomic E-state index is 0.179. The maximum absolute atomic E-state index is 12.4. The van der Waals surface area contributed by atoms with E-state index in [1.54, 1.807) is 6.92 Å². The monoisotopic (exact) mass is 161 g/mol. The van der Waals surface area contributed by atoms with Crippen LogP contribution in [0.4, 0.5) is 4.39 Å². The molecule has 4 heteroatoms. The number of aromatic nitrogens is 1. The zero-order chi connectivity index (χ0) is 7.72. The molecule has 0 saturated heterocycles. The Balaban J connectivity index is 3.28. The Morgan fingerprint density at radius 3 is 2.80 bits per heavy atom. The molecule has 0 aromatic carbocycles. The molecule has 0 unspecified atom stereocenters. The zero-order valence-corrected chi connectivity index (χ0v) is 5.98. The van der Waals surface area contributed by atoms with Crippen molar-refractivity contribution >= 4 is 11.6 Å². The molecule has 2 nitrogen and oxygen atoms in total. The quantitative estimate of drug-likeness (QED) is 0.590. The van der Waals surface area contributed by atoms with Crippen LogP contribution in [-0.4, -0.2) is 10.1 Å². The Morgan fingerprint density at radius 1 is 1.70 bits per heavy atom. The van der Waals surface area contributed by atoms with Crippen molar-refractivity contribution in [3.05, 3.63) is 22.7 Å². The van der Waals surface area contributed by atoms with Gasteiger partial charge in [0.15, 0.2) is 11.0 Å². The van der Waals surface area contributed by atoms with Gasteiger partial charge in [-0.25, -0.2) is 9.37 Å². The first-order valence-electron chi connectivity index (χ1n) is 2.63. The molecule has 0 saturated carbocycles. The lowest BCUT2D eigenvalue weighted by Crippen LogP contribution is -1.86. The Morgan fingerprint density at radius 2 is 2.30 bits per heavy atom. The van der Waals surface area contributed by atoms with Crippen molar-refractivity contribution < 1.29 is 9.50 Å². The SMILES string of the molecule is Cc1nc(Cl)c(F)cc1O. The third kappa shape index (κ3) is 1.19. The van der Waals surface area contributed by atoms with Crippen LogP contribution in [0.5, 0.6) is 5.75 Å². The maximum Gasteiger partial charge on any atom is 0.165 e. The Labute approximate surface area is 62.3 Å². The summed E-state index contributed by atoms with van der Waals surface area (Å²) in [7, 11) is 0. The van der Waals surface area contributed by atoms with Crippen LogP contribution in [0.1, 0.15) is 5.69 Å². The number of halogens is 2. The molecule has 1 aromatic rings. The number of hydrogen-bond acceptors (Lipinski definition) is 2. The molecule has 54 valence electrons. The minimum Gasteiger partial charge on any atom is -0.506 e. The van der Waals surface area contributed by atoms with Crippen LogP contribution in [0.15, 0.2) is 6.07 Å². The molecule has 0 bridgehead atoms. The van der Waals surface area contributed by atoms with E-state index in [0.717, 1.165) is 6.07 Å². The predicted molar refractivity (Wildman–Crippen MR) is 35.6 cm³/mol. The summed E-state index contributed by atoms with van der Waals surface area (Å²) in [4.78, 5) is 3.51. The van der Waals surface area contributed by atoms with Crippen molar-refractivity contribution in [3.8, 4) is 5.75 Å². The summed E-state index contributed by atoms with van der Waals surface area (Å²) in [5.41, 5.74) is 0.325. The summed E-state index contributed by atoms with van der Waals surface area (Å²) in [6.07, 6.45) is 0. The van der Waals surface area contributed by atoms with E-state index in [-0.39, 0.29) is 10.9 Å². The summed E-state index contributed by atoms with van der Waals surface area (Å²) in [6.45, 7) is 1.54. The molecule has 1 rings (SSSR count). The molecule has 0 spiro atoms. The lowest BCUT2D eigenvalue weighted by Gasteiger charge is -1.97. The summed E-state index contributed by atoms with van der Waals surface area (Å²) in [6, 6.07) is 0.935. The smallest absolute Gasteiger partial charge is 0.165 e. The van der Waals surface area contributed by atoms with Gasteiger partial charge in [0.25, 0.3) is 0 Å². The van der Waals surface area contributed by atoms with Crippen LogP contribution >= 0.6 is 11.6 Å². The van der Waals surface area contributed by atoms with E-state index < -0.39 is 5.82 Å². The molecule has 0 fully saturated rings. The zero-order valence-electron chi connectivity index (χ0n) is 5.23. The van der Waals surface area contributed by atoms with Crippen molar-refractivity contribution in [2.45, 2.75) is 6.92 Å². The third-order valence-electron chi connectivity index (χ3n) is 1.10. The summed E-state index contributed by atoms with van der Waals surface area (Å²) in [5.74, 6) is -0.883. The second-order valence-electron chi connectivity index (χ2n) is 1.87. The Kier molecular flexibility index (Phi) is 1.76. The molecule has 10 heavy (non-hydrogen) atoms. The van der Waals surface area contributed by atoms with Gasteiger partial charge in [-0.2, -0.15) is 0 Å². The molecule has 0 amide bonds. The third-order valence-corrected chi connectivity index (χ3v) is 1.36. The van der Waals surface area contributed by atoms with E-state index in [0.29, 0.717) is 5.69 Å². The van der Waals surface area contributed by atoms with Crippen LogP contribution in [0, 0.1) is 12.7 Å². The van der Waals surface area contributed by atoms with Gasteiger partial charge >= 0.3 is 0 Å². The number of rotatable bonds is 0. The Hall–Kier alpha value is -0.830. The normalized spacial score (nSPS) is 9.90. The molecular formula is C6H5ClFNO. The van der Waals surface area contributed by atoms with Gasteiger partial charge in [0.1, 0.15) is 5.75 Å². The highest BCUT2D eigenvalue weighted by atomic mass is 35.5. The van der Waals surface area contributed by atoms with Crippen LogP contribution in [-0.2, 0) is 0 Å². The van der Waals surface area contributed by atoms with Gasteiger partial charge in [0.05, 0.1) is 5.69 Å². The first-order chi connectivity index (χ1) is 4.61. The van der Waals surface area contributed by atoms with Gasteiger partial charge < -0.3 is 5.11 Å². The van der Waals surface area contributed by atoms with Gasteiger partial charge in [0, 0.05) is 6.07 Å². The number of pyridine rings is 1. The van der Waals surface area contributed by atoms with Crippen LogP contribution in [0.25, 0.3) is 0 Å². The lowest BCUT2D eigenvalue weighted by atomic mass is 10.3. The standard InChI is InChI=1S/C6H5ClFNO/c1-3-5(10)2-4(8)6(7)9-3/h2,10H,1H3. The van der Waals surface area contributed by atoms with E-state index in [1.165, 1.54) is 0 Å². The second-order valence-corrected chi connectivity index (χ2v) is 2.22. The molecule has 1 N–H and O–H groups in total. The average molecular weight is 162 g/mol. The Bertz CT molecular complexity index is 214. The topological polar surface area (TPSA) is 33.1 Å². The van der Waals surface area contributed by atoms with Gasteiger partial charge in [-0.05, 0) is 6.92 Å². The first kappa shape index (κ1) is 7.28. The number of hydrogen-bond donors (Lipinski definition) is 1. The molecule has 0 radical (unpaired) electrons. The molecular weight excluding hydrogens is 157 g/mol. The van der Waals surface area contributed by atoms with Gasteiger partial charge in [-0.1, -0.05) is 11.6 Å². The molecule has 0 aliphatic rings. The van der Waals surface area contributed by atoms with E-state index in [1.807, 2.05) is 0 Å². The van der Waals surface area contributed by atoms with E-state index >= 15 is 0 Å². The van der Waals surface area contributed by atoms with Gasteiger partial charge in [-0.15, -0.1) is 0 Å². The summed E-state index contributed by atoms with van der Waals surface area (Å²) in [5, 5.41) is 8.65. The van der Waals surface area contributed by atoms with Crippen LogP contribution < -0.4 is 0 Å². The number of aromatic hydroxyl groups is 1. The van der Waals surface area contributed by atoms with Crippen LogP contribution in [0.2, 0.25) is 5.15 Å². The number of aryl methyl sites for hydroxylation is 1. The molecule has 1 heterocycles. The molecule has 0 aliphatic heterocycles. The largest absolute Gasteiger partial charge is 0.506 e. The summed E-state index contributed by atoms with van der Waals surface area (Å²) >= 11 is 5.29. The first-order valence-corrected chi connectivity index (χ1v) is 3.00. The fraction of sp³-hybridized carbons (Fsp3) is 0.167. The number of nitrogens with zero attached hydrogens (tertiary/aromatic N) is 1. The van der Waals surface area contributed by atoms with Crippen molar-refractivity contribution in [1.29, 1.82) is 0 Å². The second kappa shape index (κ2) is 2.42. The van der Waals surface area contributed by atoms with E-state index in [4.69, 9.17) is 16.7 Å². The van der Waals surface area contributed by atoms with Gasteiger partial charge in [0.2, 0.25) is 0 Å². The predicted octanol–water partition coefficient (Wildman–Crippen LogP) is 1.89.